The minimum atomic E-state index is -0.00980. The molecular weight excluding hydrogens is 274 g/mol. The van der Waals surface area contributed by atoms with E-state index in [2.05, 4.69) is 25.9 Å². The maximum Gasteiger partial charge on any atom is 0.305 e. The second-order valence-corrected chi connectivity index (χ2v) is 6.66. The fourth-order valence-electron chi connectivity index (χ4n) is 2.55. The van der Waals surface area contributed by atoms with Crippen LogP contribution >= 0.6 is 0 Å². The van der Waals surface area contributed by atoms with Gasteiger partial charge in [-0.3, -0.25) is 4.79 Å². The molecule has 0 radical (unpaired) electrons. The Morgan fingerprint density at radius 2 is 1.32 bits per heavy atom. The summed E-state index contributed by atoms with van der Waals surface area (Å²) in [7, 11) is 4.13. The van der Waals surface area contributed by atoms with Crippen LogP contribution in [-0.4, -0.2) is 38.1 Å². The first-order chi connectivity index (χ1) is 10.7. The second kappa shape index (κ2) is 16.8. The van der Waals surface area contributed by atoms with Gasteiger partial charge in [0.2, 0.25) is 0 Å². The van der Waals surface area contributed by atoms with Crippen LogP contribution in [0.15, 0.2) is 0 Å². The number of rotatable bonds is 16. The Balaban J connectivity index is 3.15. The van der Waals surface area contributed by atoms with Gasteiger partial charge in [0, 0.05) is 6.42 Å². The molecule has 0 aliphatic heterocycles. The van der Waals surface area contributed by atoms with Crippen LogP contribution in [0.5, 0.6) is 0 Å². The van der Waals surface area contributed by atoms with E-state index in [1.54, 1.807) is 0 Å². The molecule has 0 aromatic carbocycles. The van der Waals surface area contributed by atoms with Crippen LogP contribution in [0.2, 0.25) is 0 Å². The fourth-order valence-corrected chi connectivity index (χ4v) is 2.55. The molecule has 0 unspecified atom stereocenters. The molecule has 3 heteroatoms. The van der Waals surface area contributed by atoms with Crippen molar-refractivity contribution in [2.45, 2.75) is 90.4 Å². The third-order valence-electron chi connectivity index (χ3n) is 4.00. The van der Waals surface area contributed by atoms with Crippen LogP contribution in [0.4, 0.5) is 0 Å². The minimum Gasteiger partial charge on any atom is -0.466 e. The zero-order valence-electron chi connectivity index (χ0n) is 15.4. The lowest BCUT2D eigenvalue weighted by atomic mass is 10.1. The molecule has 0 N–H and O–H groups in total. The summed E-state index contributed by atoms with van der Waals surface area (Å²) in [5, 5.41) is 0. The highest BCUT2D eigenvalue weighted by Crippen LogP contribution is 2.11. The Labute approximate surface area is 138 Å². The molecular formula is C19H39NO2. The molecule has 0 aliphatic carbocycles. The molecule has 0 atom stereocenters. The van der Waals surface area contributed by atoms with Gasteiger partial charge < -0.3 is 9.64 Å². The lowest BCUT2D eigenvalue weighted by molar-refractivity contribution is -0.143. The van der Waals surface area contributed by atoms with Gasteiger partial charge in [-0.1, -0.05) is 64.7 Å². The number of esters is 1. The van der Waals surface area contributed by atoms with Crippen molar-refractivity contribution < 1.29 is 9.53 Å². The van der Waals surface area contributed by atoms with Crippen molar-refractivity contribution in [1.82, 2.24) is 4.90 Å². The molecule has 0 aromatic rings. The molecule has 0 bridgehead atoms. The summed E-state index contributed by atoms with van der Waals surface area (Å²) in [6, 6.07) is 0. The number of ether oxygens (including phenoxy) is 1. The van der Waals surface area contributed by atoms with Crippen molar-refractivity contribution in [3.05, 3.63) is 0 Å². The molecule has 0 saturated heterocycles. The number of hydrogen-bond donors (Lipinski definition) is 0. The van der Waals surface area contributed by atoms with E-state index in [1.807, 2.05) is 0 Å². The Kier molecular flexibility index (Phi) is 16.4. The Morgan fingerprint density at radius 3 is 1.86 bits per heavy atom. The topological polar surface area (TPSA) is 29.5 Å². The van der Waals surface area contributed by atoms with Gasteiger partial charge in [-0.15, -0.1) is 0 Å². The SMILES string of the molecule is CCCCCCCCCCCCC(=O)OCCCCN(C)C. The summed E-state index contributed by atoms with van der Waals surface area (Å²) in [5.41, 5.74) is 0. The highest BCUT2D eigenvalue weighted by molar-refractivity contribution is 5.69. The van der Waals surface area contributed by atoms with Crippen LogP contribution < -0.4 is 0 Å². The van der Waals surface area contributed by atoms with Gasteiger partial charge in [0.15, 0.2) is 0 Å². The van der Waals surface area contributed by atoms with Gasteiger partial charge in [-0.05, 0) is 39.9 Å². The second-order valence-electron chi connectivity index (χ2n) is 6.66. The highest BCUT2D eigenvalue weighted by Gasteiger charge is 2.02. The number of unbranched alkanes of at least 4 members (excludes halogenated alkanes) is 10. The van der Waals surface area contributed by atoms with Gasteiger partial charge in [0.1, 0.15) is 0 Å². The number of carbonyl (C=O) groups excluding carboxylic acids is 1. The molecule has 22 heavy (non-hydrogen) atoms. The van der Waals surface area contributed by atoms with Gasteiger partial charge in [-0.25, -0.2) is 0 Å². The van der Waals surface area contributed by atoms with Crippen molar-refractivity contribution in [2.24, 2.45) is 0 Å². The molecule has 0 amide bonds. The third-order valence-corrected chi connectivity index (χ3v) is 4.00. The summed E-state index contributed by atoms with van der Waals surface area (Å²) < 4.78 is 5.25. The summed E-state index contributed by atoms with van der Waals surface area (Å²) in [5.74, 6) is -0.00980. The van der Waals surface area contributed by atoms with E-state index in [0.29, 0.717) is 13.0 Å². The number of hydrogen-bond acceptors (Lipinski definition) is 3. The van der Waals surface area contributed by atoms with Crippen molar-refractivity contribution >= 4 is 5.97 Å². The lowest BCUT2D eigenvalue weighted by Gasteiger charge is -2.09. The molecule has 0 spiro atoms. The van der Waals surface area contributed by atoms with E-state index in [0.717, 1.165) is 25.8 Å². The molecule has 0 aliphatic rings. The van der Waals surface area contributed by atoms with Crippen LogP contribution in [0.3, 0.4) is 0 Å². The van der Waals surface area contributed by atoms with E-state index in [4.69, 9.17) is 4.74 Å². The Morgan fingerprint density at radius 1 is 0.773 bits per heavy atom. The normalized spacial score (nSPS) is 11.1. The Bertz CT molecular complexity index is 242. The Hall–Kier alpha value is -0.570. The molecule has 0 aromatic heterocycles. The minimum absolute atomic E-state index is 0.00980. The van der Waals surface area contributed by atoms with E-state index in [9.17, 15) is 4.79 Å². The van der Waals surface area contributed by atoms with E-state index < -0.39 is 0 Å². The first-order valence-corrected chi connectivity index (χ1v) is 9.47. The summed E-state index contributed by atoms with van der Waals surface area (Å²) in [6.45, 7) is 3.91. The van der Waals surface area contributed by atoms with E-state index in [-0.39, 0.29) is 5.97 Å². The monoisotopic (exact) mass is 313 g/mol. The summed E-state index contributed by atoms with van der Waals surface area (Å²) in [6.07, 6.45) is 15.7. The number of nitrogens with zero attached hydrogens (tertiary/aromatic N) is 1. The zero-order chi connectivity index (χ0) is 16.5. The van der Waals surface area contributed by atoms with Gasteiger partial charge in [0.05, 0.1) is 6.61 Å². The molecule has 0 saturated carbocycles. The number of carbonyl (C=O) groups is 1. The van der Waals surface area contributed by atoms with Crippen molar-refractivity contribution in [2.75, 3.05) is 27.2 Å². The maximum absolute atomic E-state index is 11.5. The lowest BCUT2D eigenvalue weighted by Crippen LogP contribution is -2.14. The van der Waals surface area contributed by atoms with Crippen molar-refractivity contribution in [1.29, 1.82) is 0 Å². The molecule has 3 nitrogen and oxygen atoms in total. The van der Waals surface area contributed by atoms with E-state index >= 15 is 0 Å². The standard InChI is InChI=1S/C19H39NO2/c1-4-5-6-7-8-9-10-11-12-13-16-19(21)22-18-15-14-17-20(2)3/h4-18H2,1-3H3. The third kappa shape index (κ3) is 17.5. The molecule has 132 valence electrons. The first kappa shape index (κ1) is 21.4. The maximum atomic E-state index is 11.5. The van der Waals surface area contributed by atoms with Gasteiger partial charge in [0.25, 0.3) is 0 Å². The summed E-state index contributed by atoms with van der Waals surface area (Å²) >= 11 is 0. The molecule has 0 heterocycles. The molecule has 0 rings (SSSR count). The quantitative estimate of drug-likeness (QED) is 0.290. The van der Waals surface area contributed by atoms with Crippen molar-refractivity contribution in [3.63, 3.8) is 0 Å². The molecule has 0 fully saturated rings. The van der Waals surface area contributed by atoms with Gasteiger partial charge >= 0.3 is 5.97 Å². The van der Waals surface area contributed by atoms with E-state index in [1.165, 1.54) is 57.8 Å². The summed E-state index contributed by atoms with van der Waals surface area (Å²) in [4.78, 5) is 13.7. The highest BCUT2D eigenvalue weighted by atomic mass is 16.5. The smallest absolute Gasteiger partial charge is 0.305 e. The average Bonchev–Trinajstić information content (AvgIpc) is 2.48. The fraction of sp³-hybridized carbons (Fsp3) is 0.947. The van der Waals surface area contributed by atoms with Crippen LogP contribution in [0, 0.1) is 0 Å². The predicted molar refractivity (Wildman–Crippen MR) is 95.2 cm³/mol. The van der Waals surface area contributed by atoms with Crippen LogP contribution in [0.25, 0.3) is 0 Å². The van der Waals surface area contributed by atoms with Crippen LogP contribution in [0.1, 0.15) is 90.4 Å². The van der Waals surface area contributed by atoms with Crippen LogP contribution in [-0.2, 0) is 9.53 Å². The zero-order valence-corrected chi connectivity index (χ0v) is 15.4. The largest absolute Gasteiger partial charge is 0.466 e. The predicted octanol–water partition coefficient (Wildman–Crippen LogP) is 5.18. The first-order valence-electron chi connectivity index (χ1n) is 9.47. The van der Waals surface area contributed by atoms with Gasteiger partial charge in [-0.2, -0.15) is 0 Å². The van der Waals surface area contributed by atoms with Crippen molar-refractivity contribution in [3.8, 4) is 0 Å². The average molecular weight is 314 g/mol.